The fraction of sp³-hybridized carbons (Fsp3) is 0.720. The molecule has 0 aliphatic carbocycles. The van der Waals surface area contributed by atoms with E-state index in [0.29, 0.717) is 50.3 Å². The van der Waals surface area contributed by atoms with Gasteiger partial charge in [0, 0.05) is 26.1 Å². The molecule has 1 aromatic rings. The molecular formula is C25H40N2O5. The molecule has 32 heavy (non-hydrogen) atoms. The highest BCUT2D eigenvalue weighted by molar-refractivity contribution is 5.76. The van der Waals surface area contributed by atoms with E-state index in [0.717, 1.165) is 37.8 Å². The topological polar surface area (TPSA) is 80.3 Å². The molecule has 3 rings (SSSR count). The number of aliphatic hydroxyl groups is 1. The maximum Gasteiger partial charge on any atom is 0.220 e. The molecule has 0 bridgehead atoms. The van der Waals surface area contributed by atoms with Crippen LogP contribution in [-0.4, -0.2) is 68.0 Å². The van der Waals surface area contributed by atoms with Gasteiger partial charge < -0.3 is 24.6 Å². The number of aliphatic hydroxyl groups excluding tert-OH is 1. The van der Waals surface area contributed by atoms with Crippen LogP contribution in [0.3, 0.4) is 0 Å². The zero-order chi connectivity index (χ0) is 22.8. The monoisotopic (exact) mass is 448 g/mol. The van der Waals surface area contributed by atoms with Crippen LogP contribution in [0.25, 0.3) is 0 Å². The van der Waals surface area contributed by atoms with Crippen molar-refractivity contribution in [3.05, 3.63) is 23.8 Å². The van der Waals surface area contributed by atoms with Crippen LogP contribution in [-0.2, 0) is 9.53 Å². The summed E-state index contributed by atoms with van der Waals surface area (Å²) in [4.78, 5) is 15.1. The zero-order valence-corrected chi connectivity index (χ0v) is 19.7. The Labute approximate surface area is 192 Å². The van der Waals surface area contributed by atoms with Gasteiger partial charge >= 0.3 is 0 Å². The average Bonchev–Trinajstić information content (AvgIpc) is 3.24. The number of nitrogens with zero attached hydrogens (tertiary/aromatic N) is 1. The first kappa shape index (κ1) is 24.8. The first-order valence-electron chi connectivity index (χ1n) is 12.2. The summed E-state index contributed by atoms with van der Waals surface area (Å²) < 4.78 is 16.7. The second-order valence-corrected chi connectivity index (χ2v) is 8.93. The van der Waals surface area contributed by atoms with Gasteiger partial charge in [-0.15, -0.1) is 0 Å². The number of rotatable bonds is 13. The number of fused-ring (bicyclic) bond motifs is 1. The van der Waals surface area contributed by atoms with Crippen LogP contribution in [0.2, 0.25) is 0 Å². The van der Waals surface area contributed by atoms with Crippen molar-refractivity contribution in [1.29, 1.82) is 0 Å². The highest BCUT2D eigenvalue weighted by Crippen LogP contribution is 2.34. The summed E-state index contributed by atoms with van der Waals surface area (Å²) in [6, 6.07) is 5.45. The van der Waals surface area contributed by atoms with E-state index in [-0.39, 0.29) is 5.91 Å². The lowest BCUT2D eigenvalue weighted by atomic mass is 10.00. The van der Waals surface area contributed by atoms with Crippen molar-refractivity contribution in [1.82, 2.24) is 10.2 Å². The first-order valence-corrected chi connectivity index (χ1v) is 12.2. The number of amides is 1. The highest BCUT2D eigenvalue weighted by atomic mass is 16.6. The number of methoxy groups -OCH3 is 1. The van der Waals surface area contributed by atoms with E-state index in [4.69, 9.17) is 14.2 Å². The largest absolute Gasteiger partial charge is 0.486 e. The van der Waals surface area contributed by atoms with Gasteiger partial charge in [0.2, 0.25) is 5.91 Å². The van der Waals surface area contributed by atoms with Crippen LogP contribution in [0.15, 0.2) is 18.2 Å². The summed E-state index contributed by atoms with van der Waals surface area (Å²) >= 11 is 0. The molecule has 0 unspecified atom stereocenters. The summed E-state index contributed by atoms with van der Waals surface area (Å²) in [7, 11) is 1.72. The van der Waals surface area contributed by atoms with Crippen LogP contribution in [0.4, 0.5) is 0 Å². The van der Waals surface area contributed by atoms with E-state index in [9.17, 15) is 9.90 Å². The average molecular weight is 449 g/mol. The fourth-order valence-electron chi connectivity index (χ4n) is 4.64. The quantitative estimate of drug-likeness (QED) is 0.450. The highest BCUT2D eigenvalue weighted by Gasteiger charge is 2.31. The van der Waals surface area contributed by atoms with Gasteiger partial charge in [0.1, 0.15) is 19.3 Å². The fourth-order valence-corrected chi connectivity index (χ4v) is 4.64. The van der Waals surface area contributed by atoms with Gasteiger partial charge in [-0.3, -0.25) is 9.69 Å². The standard InChI is InChI=1S/C25H40N2O5/c1-3-4-5-6-7-10-24(28)26-21(17-27-13-8-9-20(27)18-30-2)25(29)19-11-12-22-23(16-19)32-15-14-31-22/h11-12,16,20-21,25,29H,3-10,13-15,17-18H2,1-2H3,(H,26,28)/t20-,21-,25+/m1/s1. The first-order chi connectivity index (χ1) is 15.6. The summed E-state index contributed by atoms with van der Waals surface area (Å²) in [6.07, 6.45) is 7.36. The van der Waals surface area contributed by atoms with Gasteiger partial charge in [-0.25, -0.2) is 0 Å². The Balaban J connectivity index is 1.67. The van der Waals surface area contributed by atoms with Gasteiger partial charge in [-0.05, 0) is 43.5 Å². The third-order valence-electron chi connectivity index (χ3n) is 6.43. The molecule has 0 spiro atoms. The molecule has 2 aliphatic rings. The lowest BCUT2D eigenvalue weighted by Gasteiger charge is -2.32. The minimum Gasteiger partial charge on any atom is -0.486 e. The Kier molecular flexibility index (Phi) is 10.1. The van der Waals surface area contributed by atoms with E-state index in [1.165, 1.54) is 19.3 Å². The van der Waals surface area contributed by atoms with E-state index in [2.05, 4.69) is 17.1 Å². The number of hydrogen-bond acceptors (Lipinski definition) is 6. The summed E-state index contributed by atoms with van der Waals surface area (Å²) in [5.74, 6) is 1.34. The molecule has 7 heteroatoms. The molecule has 1 amide bonds. The van der Waals surface area contributed by atoms with Crippen molar-refractivity contribution in [2.45, 2.75) is 76.5 Å². The molecule has 3 atom stereocenters. The van der Waals surface area contributed by atoms with Crippen molar-refractivity contribution >= 4 is 5.91 Å². The summed E-state index contributed by atoms with van der Waals surface area (Å²) in [5, 5.41) is 14.4. The maximum atomic E-state index is 12.7. The van der Waals surface area contributed by atoms with Gasteiger partial charge in [-0.2, -0.15) is 0 Å². The Hall–Kier alpha value is -1.83. The molecule has 2 aliphatic heterocycles. The molecule has 1 aromatic carbocycles. The van der Waals surface area contributed by atoms with Crippen molar-refractivity contribution in [3.8, 4) is 11.5 Å². The zero-order valence-electron chi connectivity index (χ0n) is 19.7. The van der Waals surface area contributed by atoms with Crippen LogP contribution < -0.4 is 14.8 Å². The predicted octanol–water partition coefficient (Wildman–Crippen LogP) is 3.45. The van der Waals surface area contributed by atoms with E-state index < -0.39 is 12.1 Å². The Morgan fingerprint density at radius 3 is 2.78 bits per heavy atom. The van der Waals surface area contributed by atoms with Crippen LogP contribution in [0.1, 0.15) is 70.0 Å². The molecule has 1 saturated heterocycles. The number of ether oxygens (including phenoxy) is 3. The number of carbonyl (C=O) groups is 1. The van der Waals surface area contributed by atoms with Crippen LogP contribution >= 0.6 is 0 Å². The normalized spacial score (nSPS) is 20.2. The number of unbranched alkanes of at least 4 members (excludes halogenated alkanes) is 4. The number of benzene rings is 1. The molecule has 2 N–H and O–H groups in total. The van der Waals surface area contributed by atoms with Crippen LogP contribution in [0, 0.1) is 0 Å². The molecule has 180 valence electrons. The number of carbonyl (C=O) groups excluding carboxylic acids is 1. The maximum absolute atomic E-state index is 12.7. The van der Waals surface area contributed by atoms with Gasteiger partial charge in [-0.1, -0.05) is 38.7 Å². The number of nitrogens with one attached hydrogen (secondary N) is 1. The molecular weight excluding hydrogens is 408 g/mol. The summed E-state index contributed by atoms with van der Waals surface area (Å²) in [5.41, 5.74) is 0.727. The van der Waals surface area contributed by atoms with Crippen molar-refractivity contribution in [3.63, 3.8) is 0 Å². The minimum atomic E-state index is -0.835. The lowest BCUT2D eigenvalue weighted by Crippen LogP contribution is -2.49. The molecule has 0 radical (unpaired) electrons. The molecule has 0 saturated carbocycles. The lowest BCUT2D eigenvalue weighted by molar-refractivity contribution is -0.123. The van der Waals surface area contributed by atoms with Gasteiger partial charge in [0.25, 0.3) is 0 Å². The third-order valence-corrected chi connectivity index (χ3v) is 6.43. The van der Waals surface area contributed by atoms with Crippen molar-refractivity contribution < 1.29 is 24.1 Å². The molecule has 7 nitrogen and oxygen atoms in total. The van der Waals surface area contributed by atoms with Gasteiger partial charge in [0.05, 0.1) is 12.6 Å². The van der Waals surface area contributed by atoms with Gasteiger partial charge in [0.15, 0.2) is 11.5 Å². The third kappa shape index (κ3) is 7.09. The van der Waals surface area contributed by atoms with E-state index >= 15 is 0 Å². The summed E-state index contributed by atoms with van der Waals surface area (Å²) in [6.45, 7) is 5.42. The SMILES string of the molecule is CCCCCCCC(=O)N[C@H](CN1CCC[C@@H]1COC)[C@@H](O)c1ccc2c(c1)OCCO2. The molecule has 2 heterocycles. The van der Waals surface area contributed by atoms with Crippen molar-refractivity contribution in [2.75, 3.05) is 40.0 Å². The second-order valence-electron chi connectivity index (χ2n) is 8.93. The molecule has 0 aromatic heterocycles. The second kappa shape index (κ2) is 13.0. The Morgan fingerprint density at radius 2 is 2.00 bits per heavy atom. The minimum absolute atomic E-state index is 0.00517. The Bertz CT molecular complexity index is 714. The van der Waals surface area contributed by atoms with E-state index in [1.807, 2.05) is 18.2 Å². The smallest absolute Gasteiger partial charge is 0.220 e. The van der Waals surface area contributed by atoms with E-state index in [1.54, 1.807) is 7.11 Å². The molecule has 1 fully saturated rings. The number of likely N-dealkylation sites (tertiary alicyclic amines) is 1. The Morgan fingerprint density at radius 1 is 1.22 bits per heavy atom. The van der Waals surface area contributed by atoms with Crippen LogP contribution in [0.5, 0.6) is 11.5 Å². The number of hydrogen-bond donors (Lipinski definition) is 2. The predicted molar refractivity (Wildman–Crippen MR) is 124 cm³/mol. The van der Waals surface area contributed by atoms with Crippen molar-refractivity contribution in [2.24, 2.45) is 0 Å².